The molecule has 0 aliphatic rings. The Morgan fingerprint density at radius 3 is 2.65 bits per heavy atom. The number of unbranched alkanes of at least 4 members (excludes halogenated alkanes) is 1. The van der Waals surface area contributed by atoms with E-state index in [-0.39, 0.29) is 28.7 Å². The van der Waals surface area contributed by atoms with Gasteiger partial charge in [-0.05, 0) is 25.5 Å². The van der Waals surface area contributed by atoms with E-state index in [1.54, 1.807) is 6.92 Å². The number of benzene rings is 1. The average molecular weight is 366 g/mol. The summed E-state index contributed by atoms with van der Waals surface area (Å²) < 4.78 is 45.5. The highest BCUT2D eigenvalue weighted by Crippen LogP contribution is 2.34. The van der Waals surface area contributed by atoms with Crippen LogP contribution in [-0.2, 0) is 10.9 Å². The Hall–Kier alpha value is -2.77. The Kier molecular flexibility index (Phi) is 4.52. The molecule has 0 radical (unpaired) electrons. The SMILES string of the molecule is CCCCOC(=O)c1c2ccc(C(F)(F)F)cc2n2c(=O)cc(C)[nH]c12. The summed E-state index contributed by atoms with van der Waals surface area (Å²) in [6.45, 7) is 3.77. The van der Waals surface area contributed by atoms with E-state index in [9.17, 15) is 22.8 Å². The topological polar surface area (TPSA) is 63.6 Å². The maximum Gasteiger partial charge on any atom is 0.416 e. The number of fused-ring (bicyclic) bond motifs is 3. The van der Waals surface area contributed by atoms with Crippen molar-refractivity contribution in [3.63, 3.8) is 0 Å². The summed E-state index contributed by atoms with van der Waals surface area (Å²) >= 11 is 0. The largest absolute Gasteiger partial charge is 0.462 e. The lowest BCUT2D eigenvalue weighted by molar-refractivity contribution is -0.137. The van der Waals surface area contributed by atoms with E-state index in [0.717, 1.165) is 23.0 Å². The van der Waals surface area contributed by atoms with E-state index in [2.05, 4.69) is 4.98 Å². The number of rotatable bonds is 4. The molecule has 1 N–H and O–H groups in total. The van der Waals surface area contributed by atoms with Crippen molar-refractivity contribution in [2.75, 3.05) is 6.61 Å². The highest BCUT2D eigenvalue weighted by molar-refractivity contribution is 6.11. The van der Waals surface area contributed by atoms with Gasteiger partial charge in [-0.3, -0.25) is 9.20 Å². The minimum atomic E-state index is -4.56. The number of H-pyrrole nitrogens is 1. The van der Waals surface area contributed by atoms with Gasteiger partial charge in [0.15, 0.2) is 0 Å². The van der Waals surface area contributed by atoms with Crippen molar-refractivity contribution in [1.82, 2.24) is 9.38 Å². The number of ether oxygens (including phenoxy) is 1. The first-order valence-electron chi connectivity index (χ1n) is 8.16. The molecule has 138 valence electrons. The lowest BCUT2D eigenvalue weighted by atomic mass is 10.1. The Morgan fingerprint density at radius 1 is 1.27 bits per heavy atom. The fourth-order valence-electron chi connectivity index (χ4n) is 2.87. The zero-order valence-corrected chi connectivity index (χ0v) is 14.2. The van der Waals surface area contributed by atoms with Crippen molar-refractivity contribution in [1.29, 1.82) is 0 Å². The molecule has 2 aromatic heterocycles. The second kappa shape index (κ2) is 6.51. The van der Waals surface area contributed by atoms with Crippen molar-refractivity contribution in [2.45, 2.75) is 32.9 Å². The molecule has 0 atom stereocenters. The molecule has 0 fully saturated rings. The summed E-state index contributed by atoms with van der Waals surface area (Å²) in [4.78, 5) is 27.8. The van der Waals surface area contributed by atoms with Crippen LogP contribution in [0.2, 0.25) is 0 Å². The highest BCUT2D eigenvalue weighted by atomic mass is 19.4. The molecule has 0 unspecified atom stereocenters. The number of aromatic amines is 1. The minimum Gasteiger partial charge on any atom is -0.462 e. The lowest BCUT2D eigenvalue weighted by Crippen LogP contribution is -2.15. The summed E-state index contributed by atoms with van der Waals surface area (Å²) in [7, 11) is 0. The van der Waals surface area contributed by atoms with Gasteiger partial charge in [-0.2, -0.15) is 13.2 Å². The third-order valence-corrected chi connectivity index (χ3v) is 4.11. The number of carbonyl (C=O) groups is 1. The van der Waals surface area contributed by atoms with Crippen LogP contribution >= 0.6 is 0 Å². The first kappa shape index (κ1) is 18.0. The average Bonchev–Trinajstić information content (AvgIpc) is 2.87. The van der Waals surface area contributed by atoms with E-state index in [1.807, 2.05) is 6.92 Å². The first-order chi connectivity index (χ1) is 12.2. The van der Waals surface area contributed by atoms with Gasteiger partial charge in [0, 0.05) is 17.1 Å². The molecule has 1 aromatic carbocycles. The maximum atomic E-state index is 13.1. The van der Waals surface area contributed by atoms with Gasteiger partial charge >= 0.3 is 12.1 Å². The van der Waals surface area contributed by atoms with Crippen LogP contribution in [0.15, 0.2) is 29.1 Å². The molecule has 0 bridgehead atoms. The smallest absolute Gasteiger partial charge is 0.416 e. The van der Waals surface area contributed by atoms with Gasteiger partial charge in [0.2, 0.25) is 0 Å². The molecule has 0 saturated heterocycles. The standard InChI is InChI=1S/C18H17F3N2O3/c1-3-4-7-26-17(25)15-12-6-5-11(18(19,20)21)9-13(12)23-14(24)8-10(2)22-16(15)23/h5-6,8-9,22H,3-4,7H2,1-2H3. The van der Waals surface area contributed by atoms with Gasteiger partial charge in [0.1, 0.15) is 11.2 Å². The second-order valence-corrected chi connectivity index (χ2v) is 6.07. The third kappa shape index (κ3) is 3.07. The van der Waals surface area contributed by atoms with Crippen LogP contribution in [0.25, 0.3) is 16.6 Å². The van der Waals surface area contributed by atoms with Crippen LogP contribution in [0.4, 0.5) is 13.2 Å². The van der Waals surface area contributed by atoms with Crippen LogP contribution in [0.1, 0.15) is 41.4 Å². The normalized spacial score (nSPS) is 12.0. The Bertz CT molecular complexity index is 1050. The zero-order chi connectivity index (χ0) is 19.1. The van der Waals surface area contributed by atoms with Crippen molar-refractivity contribution >= 4 is 22.5 Å². The fourth-order valence-corrected chi connectivity index (χ4v) is 2.87. The molecule has 0 amide bonds. The monoisotopic (exact) mass is 366 g/mol. The summed E-state index contributed by atoms with van der Waals surface area (Å²) in [6, 6.07) is 4.22. The molecule has 3 rings (SSSR count). The van der Waals surface area contributed by atoms with Crippen molar-refractivity contribution in [3.8, 4) is 0 Å². The van der Waals surface area contributed by atoms with E-state index < -0.39 is 23.3 Å². The summed E-state index contributed by atoms with van der Waals surface area (Å²) in [5, 5.41) is 0.235. The van der Waals surface area contributed by atoms with Crippen molar-refractivity contribution in [3.05, 3.63) is 51.4 Å². The molecular formula is C18H17F3N2O3. The van der Waals surface area contributed by atoms with Crippen LogP contribution in [0.5, 0.6) is 0 Å². The second-order valence-electron chi connectivity index (χ2n) is 6.07. The van der Waals surface area contributed by atoms with Gasteiger partial charge in [0.05, 0.1) is 17.7 Å². The number of aromatic nitrogens is 2. The summed E-state index contributed by atoms with van der Waals surface area (Å²) in [5.74, 6) is -0.674. The number of nitrogens with zero attached hydrogens (tertiary/aromatic N) is 1. The van der Waals surface area contributed by atoms with Gasteiger partial charge in [-0.25, -0.2) is 4.79 Å². The maximum absolute atomic E-state index is 13.1. The molecule has 26 heavy (non-hydrogen) atoms. The van der Waals surface area contributed by atoms with Crippen molar-refractivity contribution < 1.29 is 22.7 Å². The van der Waals surface area contributed by atoms with E-state index in [0.29, 0.717) is 12.1 Å². The number of halogens is 3. The molecule has 0 aliphatic heterocycles. The number of esters is 1. The molecule has 5 nitrogen and oxygen atoms in total. The van der Waals surface area contributed by atoms with Crippen LogP contribution < -0.4 is 5.56 Å². The van der Waals surface area contributed by atoms with E-state index in [4.69, 9.17) is 4.74 Å². The Labute approximate surface area is 146 Å². The zero-order valence-electron chi connectivity index (χ0n) is 14.2. The molecule has 8 heteroatoms. The molecule has 3 aromatic rings. The Morgan fingerprint density at radius 2 is 2.00 bits per heavy atom. The number of hydrogen-bond acceptors (Lipinski definition) is 3. The Balaban J connectivity index is 2.31. The van der Waals surface area contributed by atoms with Gasteiger partial charge in [-0.1, -0.05) is 19.4 Å². The minimum absolute atomic E-state index is 0.0125. The summed E-state index contributed by atoms with van der Waals surface area (Å²) in [5.41, 5.74) is -0.720. The molecule has 0 aliphatic carbocycles. The number of carbonyl (C=O) groups excluding carboxylic acids is 1. The molecule has 2 heterocycles. The predicted octanol–water partition coefficient (Wildman–Crippen LogP) is 4.06. The van der Waals surface area contributed by atoms with E-state index in [1.165, 1.54) is 12.1 Å². The summed E-state index contributed by atoms with van der Waals surface area (Å²) in [6.07, 6.45) is -3.06. The van der Waals surface area contributed by atoms with Gasteiger partial charge < -0.3 is 9.72 Å². The van der Waals surface area contributed by atoms with Gasteiger partial charge in [0.25, 0.3) is 5.56 Å². The lowest BCUT2D eigenvalue weighted by Gasteiger charge is -2.06. The third-order valence-electron chi connectivity index (χ3n) is 4.11. The first-order valence-corrected chi connectivity index (χ1v) is 8.16. The van der Waals surface area contributed by atoms with Crippen molar-refractivity contribution in [2.24, 2.45) is 0 Å². The molecular weight excluding hydrogens is 349 g/mol. The predicted molar refractivity (Wildman–Crippen MR) is 90.5 cm³/mol. The number of alkyl halides is 3. The molecule has 0 spiro atoms. The molecule has 0 saturated carbocycles. The number of hydrogen-bond donors (Lipinski definition) is 1. The fraction of sp³-hybridized carbons (Fsp3) is 0.333. The van der Waals surface area contributed by atoms with Gasteiger partial charge in [-0.15, -0.1) is 0 Å². The van der Waals surface area contributed by atoms with Crippen LogP contribution in [0.3, 0.4) is 0 Å². The number of aryl methyl sites for hydroxylation is 1. The van der Waals surface area contributed by atoms with Crippen LogP contribution in [-0.4, -0.2) is 22.0 Å². The quantitative estimate of drug-likeness (QED) is 0.559. The number of nitrogens with one attached hydrogen (secondary N) is 1. The highest BCUT2D eigenvalue weighted by Gasteiger charge is 2.32. The van der Waals surface area contributed by atoms with E-state index >= 15 is 0 Å². The van der Waals surface area contributed by atoms with Crippen LogP contribution in [0, 0.1) is 6.92 Å².